The van der Waals surface area contributed by atoms with E-state index in [1.54, 1.807) is 19.2 Å². The van der Waals surface area contributed by atoms with Crippen LogP contribution in [0.4, 0.5) is 5.69 Å². The lowest BCUT2D eigenvalue weighted by molar-refractivity contribution is 0.169. The number of anilines is 1. The number of aliphatic hydroxyl groups excluding tert-OH is 1. The zero-order valence-corrected chi connectivity index (χ0v) is 15.8. The van der Waals surface area contributed by atoms with Gasteiger partial charge in [0.1, 0.15) is 5.75 Å². The first kappa shape index (κ1) is 17.7. The van der Waals surface area contributed by atoms with Crippen LogP contribution < -0.4 is 10.1 Å². The van der Waals surface area contributed by atoms with Crippen LogP contribution >= 0.6 is 11.6 Å². The Hall–Kier alpha value is -2.69. The zero-order valence-electron chi connectivity index (χ0n) is 15.0. The number of halogens is 1. The molecule has 3 aromatic carbocycles. The molecule has 27 heavy (non-hydrogen) atoms. The van der Waals surface area contributed by atoms with Gasteiger partial charge in [-0.05, 0) is 30.3 Å². The van der Waals surface area contributed by atoms with Crippen LogP contribution in [0, 0.1) is 0 Å². The van der Waals surface area contributed by atoms with Crippen molar-refractivity contribution in [1.29, 1.82) is 0 Å². The number of ether oxygens (including phenoxy) is 1. The molecule has 138 valence electrons. The van der Waals surface area contributed by atoms with Crippen molar-refractivity contribution in [2.75, 3.05) is 19.0 Å². The van der Waals surface area contributed by atoms with Crippen molar-refractivity contribution in [1.82, 2.24) is 4.57 Å². The van der Waals surface area contributed by atoms with Crippen LogP contribution in [0.1, 0.15) is 0 Å². The number of nitrogens with one attached hydrogen (secondary N) is 1. The first-order valence-electron chi connectivity index (χ1n) is 8.89. The Morgan fingerprint density at radius 1 is 1.00 bits per heavy atom. The zero-order chi connectivity index (χ0) is 18.8. The summed E-state index contributed by atoms with van der Waals surface area (Å²) in [7, 11) is 1.61. The van der Waals surface area contributed by atoms with Crippen LogP contribution in [0.25, 0.3) is 21.8 Å². The molecule has 0 spiro atoms. The summed E-state index contributed by atoms with van der Waals surface area (Å²) in [5.74, 6) is 0.698. The van der Waals surface area contributed by atoms with Crippen LogP contribution in [-0.2, 0) is 6.54 Å². The molecule has 4 nitrogen and oxygen atoms in total. The van der Waals surface area contributed by atoms with E-state index in [0.717, 1.165) is 16.7 Å². The summed E-state index contributed by atoms with van der Waals surface area (Å²) in [6.07, 6.45) is -0.576. The lowest BCUT2D eigenvalue weighted by Crippen LogP contribution is -2.25. The van der Waals surface area contributed by atoms with Crippen molar-refractivity contribution in [3.8, 4) is 5.75 Å². The fraction of sp³-hybridized carbons (Fsp3) is 0.182. The molecule has 0 aliphatic heterocycles. The molecule has 2 N–H and O–H groups in total. The van der Waals surface area contributed by atoms with Gasteiger partial charge in [0.05, 0.1) is 25.4 Å². The number of fused-ring (bicyclic) bond motifs is 3. The van der Waals surface area contributed by atoms with Crippen molar-refractivity contribution in [3.05, 3.63) is 71.8 Å². The Labute approximate surface area is 162 Å². The highest BCUT2D eigenvalue weighted by Gasteiger charge is 2.14. The van der Waals surface area contributed by atoms with Gasteiger partial charge in [-0.15, -0.1) is 0 Å². The molecule has 4 aromatic rings. The highest BCUT2D eigenvalue weighted by molar-refractivity contribution is 6.30. The third kappa shape index (κ3) is 3.46. The summed E-state index contributed by atoms with van der Waals surface area (Å²) in [4.78, 5) is 0. The van der Waals surface area contributed by atoms with E-state index in [1.807, 2.05) is 30.3 Å². The molecule has 4 rings (SSSR count). The topological polar surface area (TPSA) is 46.4 Å². The molecule has 0 bridgehead atoms. The van der Waals surface area contributed by atoms with Crippen LogP contribution in [0.15, 0.2) is 66.7 Å². The van der Waals surface area contributed by atoms with E-state index < -0.39 is 6.10 Å². The number of benzene rings is 3. The molecule has 5 heteroatoms. The maximum Gasteiger partial charge on any atom is 0.142 e. The van der Waals surface area contributed by atoms with Crippen molar-refractivity contribution in [2.45, 2.75) is 12.6 Å². The van der Waals surface area contributed by atoms with Gasteiger partial charge >= 0.3 is 0 Å². The molecule has 0 aliphatic rings. The van der Waals surface area contributed by atoms with E-state index in [0.29, 0.717) is 23.9 Å². The average molecular weight is 381 g/mol. The third-order valence-electron chi connectivity index (χ3n) is 4.76. The van der Waals surface area contributed by atoms with E-state index >= 15 is 0 Å². The summed E-state index contributed by atoms with van der Waals surface area (Å²) < 4.78 is 7.52. The summed E-state index contributed by atoms with van der Waals surface area (Å²) in [6.45, 7) is 0.876. The van der Waals surface area contributed by atoms with Crippen molar-refractivity contribution >= 4 is 39.1 Å². The van der Waals surface area contributed by atoms with Crippen LogP contribution in [0.2, 0.25) is 5.02 Å². The van der Waals surface area contributed by atoms with Crippen molar-refractivity contribution in [2.24, 2.45) is 0 Å². The standard InChI is InChI=1S/C22H21ClN2O2/c1-27-22-11-10-15(23)12-19(22)24-13-16(26)14-25-20-8-4-2-6-17(20)18-7-3-5-9-21(18)25/h2-12,16,24,26H,13-14H2,1H3. The van der Waals surface area contributed by atoms with Gasteiger partial charge < -0.3 is 19.7 Å². The summed E-state index contributed by atoms with van der Waals surface area (Å²) in [5, 5.41) is 16.9. The predicted octanol–water partition coefficient (Wildman–Crippen LogP) is 4.93. The highest BCUT2D eigenvalue weighted by atomic mass is 35.5. The summed E-state index contributed by atoms with van der Waals surface area (Å²) >= 11 is 6.07. The van der Waals surface area contributed by atoms with Crippen LogP contribution in [-0.4, -0.2) is 29.4 Å². The van der Waals surface area contributed by atoms with Gasteiger partial charge in [-0.1, -0.05) is 48.0 Å². The SMILES string of the molecule is COc1ccc(Cl)cc1NCC(O)Cn1c2ccccc2c2ccccc21. The van der Waals surface area contributed by atoms with E-state index in [2.05, 4.69) is 34.1 Å². The maximum absolute atomic E-state index is 10.7. The normalized spacial score (nSPS) is 12.4. The molecule has 0 fully saturated rings. The molecular weight excluding hydrogens is 360 g/mol. The minimum atomic E-state index is -0.576. The molecular formula is C22H21ClN2O2. The van der Waals surface area contributed by atoms with Crippen LogP contribution in [0.5, 0.6) is 5.75 Å². The fourth-order valence-corrected chi connectivity index (χ4v) is 3.69. The fourth-order valence-electron chi connectivity index (χ4n) is 3.52. The van der Waals surface area contributed by atoms with Gasteiger partial charge in [0.25, 0.3) is 0 Å². The van der Waals surface area contributed by atoms with Gasteiger partial charge in [-0.25, -0.2) is 0 Å². The summed E-state index contributed by atoms with van der Waals surface area (Å²) in [5.41, 5.74) is 3.02. The third-order valence-corrected chi connectivity index (χ3v) is 5.00. The number of methoxy groups -OCH3 is 1. The maximum atomic E-state index is 10.7. The minimum Gasteiger partial charge on any atom is -0.495 e. The molecule has 1 unspecified atom stereocenters. The number of hydrogen-bond donors (Lipinski definition) is 2. The lowest BCUT2D eigenvalue weighted by Gasteiger charge is -2.17. The van der Waals surface area contributed by atoms with E-state index in [1.165, 1.54) is 10.8 Å². The predicted molar refractivity (Wildman–Crippen MR) is 112 cm³/mol. The molecule has 1 atom stereocenters. The quantitative estimate of drug-likeness (QED) is 0.498. The number of nitrogens with zero attached hydrogens (tertiary/aromatic N) is 1. The Morgan fingerprint density at radius 2 is 1.63 bits per heavy atom. The molecule has 0 saturated carbocycles. The first-order valence-corrected chi connectivity index (χ1v) is 9.26. The Balaban J connectivity index is 1.58. The molecule has 0 radical (unpaired) electrons. The number of rotatable bonds is 6. The number of aliphatic hydroxyl groups is 1. The minimum absolute atomic E-state index is 0.386. The highest BCUT2D eigenvalue weighted by Crippen LogP contribution is 2.30. The van der Waals surface area contributed by atoms with Gasteiger partial charge in [0.2, 0.25) is 0 Å². The Morgan fingerprint density at radius 3 is 2.26 bits per heavy atom. The molecule has 0 saturated heterocycles. The molecule has 0 amide bonds. The molecule has 1 heterocycles. The van der Waals surface area contributed by atoms with Gasteiger partial charge in [-0.2, -0.15) is 0 Å². The monoisotopic (exact) mass is 380 g/mol. The van der Waals surface area contributed by atoms with E-state index in [-0.39, 0.29) is 0 Å². The second-order valence-corrected chi connectivity index (χ2v) is 6.96. The summed E-state index contributed by atoms with van der Waals surface area (Å²) in [6, 6.07) is 22.0. The number of aromatic nitrogens is 1. The Bertz CT molecular complexity index is 1040. The Kier molecular flexibility index (Phi) is 4.92. The second kappa shape index (κ2) is 7.51. The molecule has 0 aliphatic carbocycles. The lowest BCUT2D eigenvalue weighted by atomic mass is 10.2. The average Bonchev–Trinajstić information content (AvgIpc) is 3.01. The molecule has 1 aromatic heterocycles. The van der Waals surface area contributed by atoms with E-state index in [9.17, 15) is 5.11 Å². The smallest absolute Gasteiger partial charge is 0.142 e. The van der Waals surface area contributed by atoms with Gasteiger partial charge in [0, 0.05) is 33.4 Å². The van der Waals surface area contributed by atoms with Crippen LogP contribution in [0.3, 0.4) is 0 Å². The number of hydrogen-bond acceptors (Lipinski definition) is 3. The second-order valence-electron chi connectivity index (χ2n) is 6.52. The van der Waals surface area contributed by atoms with Crippen molar-refractivity contribution < 1.29 is 9.84 Å². The number of para-hydroxylation sites is 2. The van der Waals surface area contributed by atoms with E-state index in [4.69, 9.17) is 16.3 Å². The van der Waals surface area contributed by atoms with Gasteiger partial charge in [0.15, 0.2) is 0 Å². The van der Waals surface area contributed by atoms with Crippen molar-refractivity contribution in [3.63, 3.8) is 0 Å². The van der Waals surface area contributed by atoms with Gasteiger partial charge in [-0.3, -0.25) is 0 Å². The first-order chi connectivity index (χ1) is 13.2. The largest absolute Gasteiger partial charge is 0.495 e.